The summed E-state index contributed by atoms with van der Waals surface area (Å²) in [6, 6.07) is 21.2. The maximum Gasteiger partial charge on any atom is 0.414 e. The first kappa shape index (κ1) is 30.0. The average molecular weight is 560 g/mol. The van der Waals surface area contributed by atoms with E-state index < -0.39 is 19.3 Å². The topological polar surface area (TPSA) is 55.8 Å². The maximum absolute atomic E-state index is 13.5. The lowest BCUT2D eigenvalue weighted by Crippen LogP contribution is -2.69. The second-order valence-electron chi connectivity index (χ2n) is 13.7. The van der Waals surface area contributed by atoms with E-state index in [0.29, 0.717) is 13.0 Å². The fraction of sp³-hybridized carbons (Fsp3) is 0.471. The van der Waals surface area contributed by atoms with E-state index >= 15 is 0 Å². The van der Waals surface area contributed by atoms with E-state index in [2.05, 4.69) is 89.2 Å². The highest BCUT2D eigenvalue weighted by atomic mass is 28.4. The second kappa shape index (κ2) is 11.1. The molecule has 1 heterocycles. The number of hydrogen-bond donors (Lipinski definition) is 0. The van der Waals surface area contributed by atoms with Gasteiger partial charge in [0.25, 0.3) is 8.32 Å². The van der Waals surface area contributed by atoms with Crippen molar-refractivity contribution in [2.24, 2.45) is 11.3 Å². The molecule has 2 aromatic rings. The van der Waals surface area contributed by atoms with E-state index in [4.69, 9.17) is 9.16 Å². The SMILES string of the molecule is CC(C)(C)OC(=O)N1CCC=C1C[C@@H]1C(=O)C=C[C@@H](O[Si](c2ccccc2)(c2ccccc2)C(C)(C)C)C1(C)C. The largest absolute Gasteiger partial charge is 0.443 e. The lowest BCUT2D eigenvalue weighted by atomic mass is 9.67. The quantitative estimate of drug-likeness (QED) is 0.373. The van der Waals surface area contributed by atoms with Crippen LogP contribution in [0.5, 0.6) is 0 Å². The molecule has 2 aromatic carbocycles. The molecule has 5 nitrogen and oxygen atoms in total. The third-order valence-corrected chi connectivity index (χ3v) is 13.2. The van der Waals surface area contributed by atoms with Crippen molar-refractivity contribution in [1.29, 1.82) is 0 Å². The van der Waals surface area contributed by atoms with Crippen molar-refractivity contribution in [3.8, 4) is 0 Å². The fourth-order valence-corrected chi connectivity index (χ4v) is 10.9. The lowest BCUT2D eigenvalue weighted by Gasteiger charge is -2.50. The van der Waals surface area contributed by atoms with Crippen LogP contribution < -0.4 is 10.4 Å². The molecule has 0 fully saturated rings. The molecule has 1 aliphatic carbocycles. The van der Waals surface area contributed by atoms with E-state index in [9.17, 15) is 9.59 Å². The van der Waals surface area contributed by atoms with Crippen LogP contribution in [-0.4, -0.2) is 43.3 Å². The molecule has 0 unspecified atom stereocenters. The van der Waals surface area contributed by atoms with Gasteiger partial charge in [0.2, 0.25) is 0 Å². The van der Waals surface area contributed by atoms with Gasteiger partial charge in [-0.3, -0.25) is 9.69 Å². The standard InChI is InChI=1S/C34H45NO4Si/c1-32(2,3)38-31(37)35-23-15-16-25(35)24-28-29(36)21-22-30(34(28,7)8)39-40(33(4,5)6,26-17-11-9-12-18-26)27-19-13-10-14-20-27/h9-14,16-22,28,30H,15,23-24H2,1-8H3/t28-,30-/m1/s1. The third kappa shape index (κ3) is 5.89. The zero-order valence-corrected chi connectivity index (χ0v) is 26.4. The van der Waals surface area contributed by atoms with Crippen molar-refractivity contribution in [2.75, 3.05) is 6.54 Å². The first-order valence-corrected chi connectivity index (χ1v) is 16.3. The van der Waals surface area contributed by atoms with Gasteiger partial charge in [0.15, 0.2) is 5.78 Å². The summed E-state index contributed by atoms with van der Waals surface area (Å²) in [5.41, 5.74) is -0.232. The summed E-state index contributed by atoms with van der Waals surface area (Å²) in [5.74, 6) is -0.265. The molecular formula is C34H45NO4Si. The number of nitrogens with zero attached hydrogens (tertiary/aromatic N) is 1. The van der Waals surface area contributed by atoms with E-state index in [-0.39, 0.29) is 28.9 Å². The summed E-state index contributed by atoms with van der Waals surface area (Å²) in [4.78, 5) is 28.1. The Balaban J connectivity index is 1.71. The van der Waals surface area contributed by atoms with Gasteiger partial charge in [0, 0.05) is 23.6 Å². The van der Waals surface area contributed by atoms with Crippen LogP contribution in [0.15, 0.2) is 84.6 Å². The molecule has 0 N–H and O–H groups in total. The molecule has 0 saturated heterocycles. The summed E-state index contributed by atoms with van der Waals surface area (Å²) in [5, 5.41) is 2.24. The maximum atomic E-state index is 13.5. The molecule has 40 heavy (non-hydrogen) atoms. The molecule has 6 heteroatoms. The molecule has 1 amide bonds. The minimum atomic E-state index is -2.84. The van der Waals surface area contributed by atoms with Gasteiger partial charge in [-0.15, -0.1) is 0 Å². The van der Waals surface area contributed by atoms with E-state index in [1.54, 1.807) is 11.0 Å². The Morgan fingerprint density at radius 2 is 1.50 bits per heavy atom. The van der Waals surface area contributed by atoms with Crippen LogP contribution in [0.25, 0.3) is 0 Å². The zero-order valence-electron chi connectivity index (χ0n) is 25.4. The highest BCUT2D eigenvalue weighted by molar-refractivity contribution is 6.99. The van der Waals surface area contributed by atoms with E-state index in [1.807, 2.05) is 39.0 Å². The van der Waals surface area contributed by atoms with Gasteiger partial charge >= 0.3 is 6.09 Å². The van der Waals surface area contributed by atoms with Crippen LogP contribution in [0.1, 0.15) is 68.2 Å². The van der Waals surface area contributed by atoms with Crippen LogP contribution in [0.3, 0.4) is 0 Å². The van der Waals surface area contributed by atoms with Crippen LogP contribution in [-0.2, 0) is 14.0 Å². The molecule has 4 rings (SSSR count). The van der Waals surface area contributed by atoms with Crippen molar-refractivity contribution in [3.63, 3.8) is 0 Å². The number of allylic oxidation sites excluding steroid dienone is 2. The molecule has 0 bridgehead atoms. The number of carbonyl (C=O) groups is 2. The number of carbonyl (C=O) groups excluding carboxylic acids is 2. The van der Waals surface area contributed by atoms with Gasteiger partial charge in [0.05, 0.1) is 6.10 Å². The van der Waals surface area contributed by atoms with Gasteiger partial charge in [-0.1, -0.05) is 107 Å². The van der Waals surface area contributed by atoms with Gasteiger partial charge in [-0.05, 0) is 55.1 Å². The number of amides is 1. The molecule has 0 spiro atoms. The molecule has 0 aromatic heterocycles. The Kier molecular flexibility index (Phi) is 8.35. The summed E-state index contributed by atoms with van der Waals surface area (Å²) >= 11 is 0. The van der Waals surface area contributed by atoms with Gasteiger partial charge in [-0.2, -0.15) is 0 Å². The van der Waals surface area contributed by atoms with Crippen molar-refractivity contribution in [3.05, 3.63) is 84.6 Å². The second-order valence-corrected chi connectivity index (χ2v) is 17.9. The van der Waals surface area contributed by atoms with Crippen LogP contribution in [0.2, 0.25) is 5.04 Å². The lowest BCUT2D eigenvalue weighted by molar-refractivity contribution is -0.125. The van der Waals surface area contributed by atoms with Gasteiger partial charge < -0.3 is 9.16 Å². The predicted octanol–water partition coefficient (Wildman–Crippen LogP) is 6.63. The highest BCUT2D eigenvalue weighted by Crippen LogP contribution is 2.46. The summed E-state index contributed by atoms with van der Waals surface area (Å²) < 4.78 is 13.2. The summed E-state index contributed by atoms with van der Waals surface area (Å²) in [6.45, 7) is 17.3. The van der Waals surface area contributed by atoms with Crippen molar-refractivity contribution in [1.82, 2.24) is 4.90 Å². The predicted molar refractivity (Wildman–Crippen MR) is 164 cm³/mol. The van der Waals surface area contributed by atoms with Crippen molar-refractivity contribution >= 4 is 30.6 Å². The van der Waals surface area contributed by atoms with Crippen LogP contribution in [0, 0.1) is 11.3 Å². The van der Waals surface area contributed by atoms with Crippen LogP contribution >= 0.6 is 0 Å². The normalized spacial score (nSPS) is 21.4. The summed E-state index contributed by atoms with van der Waals surface area (Å²) in [7, 11) is -2.84. The number of rotatable bonds is 6. The molecular weight excluding hydrogens is 514 g/mol. The molecule has 2 atom stereocenters. The Morgan fingerprint density at radius 3 is 2.00 bits per heavy atom. The Bertz CT molecular complexity index is 1230. The summed E-state index contributed by atoms with van der Waals surface area (Å²) in [6.07, 6.45) is 6.32. The third-order valence-electron chi connectivity index (χ3n) is 8.24. The first-order valence-electron chi connectivity index (χ1n) is 14.4. The first-order chi connectivity index (χ1) is 18.7. The number of hydrogen-bond acceptors (Lipinski definition) is 4. The highest BCUT2D eigenvalue weighted by Gasteiger charge is 2.55. The molecule has 0 saturated carbocycles. The zero-order chi connectivity index (χ0) is 29.3. The number of ketones is 1. The molecule has 214 valence electrons. The Hall–Kier alpha value is -2.96. The van der Waals surface area contributed by atoms with Crippen molar-refractivity contribution in [2.45, 2.75) is 85.0 Å². The van der Waals surface area contributed by atoms with Crippen LogP contribution in [0.4, 0.5) is 4.79 Å². The van der Waals surface area contributed by atoms with Gasteiger partial charge in [-0.25, -0.2) is 4.79 Å². The molecule has 1 aliphatic heterocycles. The minimum Gasteiger partial charge on any atom is -0.443 e. The number of benzene rings is 2. The number of ether oxygens (including phenoxy) is 1. The average Bonchev–Trinajstić information content (AvgIpc) is 3.34. The van der Waals surface area contributed by atoms with E-state index in [1.165, 1.54) is 10.4 Å². The minimum absolute atomic E-state index is 0.0734. The smallest absolute Gasteiger partial charge is 0.414 e. The van der Waals surface area contributed by atoms with Crippen molar-refractivity contribution < 1.29 is 18.8 Å². The van der Waals surface area contributed by atoms with Gasteiger partial charge in [0.1, 0.15) is 5.60 Å². The molecule has 2 aliphatic rings. The Morgan fingerprint density at radius 1 is 0.950 bits per heavy atom. The monoisotopic (exact) mass is 559 g/mol. The Labute approximate surface area is 241 Å². The van der Waals surface area contributed by atoms with E-state index in [0.717, 1.165) is 12.1 Å². The fourth-order valence-electron chi connectivity index (χ4n) is 6.09. The molecule has 0 radical (unpaired) electrons.